The molecule has 16 atom stereocenters. The van der Waals surface area contributed by atoms with Crippen LogP contribution >= 0.6 is 23.2 Å². The van der Waals surface area contributed by atoms with E-state index in [4.69, 9.17) is 37.4 Å². The number of ether oxygens (including phenoxy) is 3. The molecule has 1 heterocycles. The molecule has 5 saturated carbocycles. The van der Waals surface area contributed by atoms with Crippen LogP contribution in [0.15, 0.2) is 263 Å². The van der Waals surface area contributed by atoms with E-state index in [2.05, 4.69) is 314 Å². The molecule has 0 bridgehead atoms. The second-order valence-electron chi connectivity index (χ2n) is 32.8. The summed E-state index contributed by atoms with van der Waals surface area (Å²) in [6.45, 7) is 49.3. The molecule has 3 nitrogen and oxygen atoms in total. The molecule has 11 heteroatoms. The quantitative estimate of drug-likeness (QED) is 0.0697. The molecule has 6 fully saturated rings. The first-order valence-corrected chi connectivity index (χ1v) is 51.7. The van der Waals surface area contributed by atoms with Crippen LogP contribution in [0.4, 0.5) is 0 Å². The average Bonchev–Trinajstić information content (AvgIpc) is 1.63. The van der Waals surface area contributed by atoms with Crippen LogP contribution in [-0.2, 0) is 20.6 Å². The van der Waals surface area contributed by atoms with Gasteiger partial charge in [0.15, 0.2) is 0 Å². The fourth-order valence-electron chi connectivity index (χ4n) is 19.9. The number of hydrogen-bond acceptors (Lipinski definition) is 3. The van der Waals surface area contributed by atoms with Crippen molar-refractivity contribution in [2.24, 2.45) is 59.2 Å². The zero-order chi connectivity index (χ0) is 79.4. The number of hydrogen-bond donors (Lipinski definition) is 0. The molecular weight excluding hydrogens is 1450 g/mol. The van der Waals surface area contributed by atoms with Crippen LogP contribution in [0.25, 0.3) is 18.2 Å². The van der Waals surface area contributed by atoms with Gasteiger partial charge in [0.05, 0.1) is 24.2 Å². The molecule has 3 aromatic carbocycles. The summed E-state index contributed by atoms with van der Waals surface area (Å²) in [7, 11) is -4.73. The number of unbranched alkanes of at least 4 members (excludes halogenated alkanes) is 1. The second-order valence-corrected chi connectivity index (χ2v) is 48.5. The maximum atomic E-state index is 5.30. The maximum absolute atomic E-state index is 5.30. The number of fused-ring (bicyclic) bond motifs is 8. The van der Waals surface area contributed by atoms with Gasteiger partial charge in [-0.2, -0.15) is 6.42 Å². The summed E-state index contributed by atoms with van der Waals surface area (Å²) in [4.78, 5) is 0. The van der Waals surface area contributed by atoms with Gasteiger partial charge in [0.1, 0.15) is 4.33 Å². The summed E-state index contributed by atoms with van der Waals surface area (Å²) in [5, 5.41) is 0. The number of benzene rings is 3. The molecule has 0 spiro atoms. The maximum Gasteiger partial charge on any atom is 1.00 e. The van der Waals surface area contributed by atoms with E-state index >= 15 is 0 Å². The molecule has 0 N–H and O–H groups in total. The normalized spacial score (nSPS) is 28.9. The van der Waals surface area contributed by atoms with Crippen molar-refractivity contribution in [2.45, 2.75) is 208 Å². The summed E-state index contributed by atoms with van der Waals surface area (Å²) in [5.41, 5.74) is 20.4. The Labute approximate surface area is 742 Å². The number of alkyl halides is 2. The Hall–Kier alpha value is -3.86. The van der Waals surface area contributed by atoms with Crippen molar-refractivity contribution in [3.05, 3.63) is 303 Å². The number of halogens is 2. The van der Waals surface area contributed by atoms with Crippen LogP contribution in [0.5, 0.6) is 0 Å². The Morgan fingerprint density at radius 2 is 0.726 bits per heavy atom. The zero-order valence-electron chi connectivity index (χ0n) is 74.7. The van der Waals surface area contributed by atoms with Gasteiger partial charge < -0.3 is 24.0 Å². The van der Waals surface area contributed by atoms with Gasteiger partial charge in [-0.15, -0.1) is 67.5 Å². The number of allylic oxidation sites excluding steroid dienone is 23. The van der Waals surface area contributed by atoms with E-state index in [1.54, 1.807) is 13.8 Å². The van der Waals surface area contributed by atoms with E-state index in [0.717, 1.165) is 134 Å². The van der Waals surface area contributed by atoms with Crippen molar-refractivity contribution >= 4 is 65.7 Å². The average molecular weight is 1600 g/mol. The second kappa shape index (κ2) is 53.6. The molecule has 600 valence electrons. The molecule has 0 radical (unpaired) electrons. The van der Waals surface area contributed by atoms with E-state index in [0.29, 0.717) is 11.1 Å². The Morgan fingerprint density at radius 1 is 0.425 bits per heavy atom. The van der Waals surface area contributed by atoms with Crippen molar-refractivity contribution in [1.82, 2.24) is 0 Å². The van der Waals surface area contributed by atoms with Crippen molar-refractivity contribution in [2.75, 3.05) is 39.6 Å². The van der Waals surface area contributed by atoms with Crippen molar-refractivity contribution in [1.29, 1.82) is 0 Å². The SMILES string of the molecule is C1=CC2CCCC2C=C1.C1=Cc2ccccc2C1.C1CCOC1.C=C.C=C[Si](C)(C1C=Cc2ccccc21)C1C=Cc2ccccc21.C=C[Si](C)(C1CCC2C=CC=CC21)C1CCC2C=CC=CC21.C=C[Si](C)(C1CCC2C=CC=CC21)C1CCC2C=CC=CC21.CC(C)(Cl)Cl.CCOCC.CCOCC.[CH2-]CCC.[H-].[H-].[Li+].[Li+].[Li+]. The van der Waals surface area contributed by atoms with Gasteiger partial charge in [-0.25, -0.2) is 0 Å². The van der Waals surface area contributed by atoms with E-state index in [9.17, 15) is 0 Å². The third kappa shape index (κ3) is 29.0. The van der Waals surface area contributed by atoms with E-state index in [1.165, 1.54) is 123 Å². The monoisotopic (exact) mass is 1590 g/mol. The summed E-state index contributed by atoms with van der Waals surface area (Å²) >= 11 is 10.6. The molecule has 1 aliphatic heterocycles. The minimum atomic E-state index is -1.77. The Bertz CT molecular complexity index is 3410. The van der Waals surface area contributed by atoms with E-state index in [-0.39, 0.29) is 59.4 Å². The van der Waals surface area contributed by atoms with Gasteiger partial charge in [0, 0.05) is 50.7 Å². The molecule has 0 amide bonds. The molecule has 3 aromatic rings. The van der Waals surface area contributed by atoms with Gasteiger partial charge in [-0.3, -0.25) is 0 Å². The molecule has 14 aliphatic rings. The molecule has 16 unspecified atom stereocenters. The topological polar surface area (TPSA) is 27.7 Å². The Kier molecular flexibility index (Phi) is 48.2. The van der Waals surface area contributed by atoms with Crippen LogP contribution in [0, 0.1) is 66.1 Å². The molecular formula is C102H145Cl2Li3O3Si3. The van der Waals surface area contributed by atoms with Gasteiger partial charge in [0.25, 0.3) is 0 Å². The third-order valence-corrected chi connectivity index (χ3v) is 41.3. The number of rotatable bonds is 14. The largest absolute Gasteiger partial charge is 1.00 e. The van der Waals surface area contributed by atoms with E-state index < -0.39 is 28.6 Å². The van der Waals surface area contributed by atoms with Crippen molar-refractivity contribution in [3.8, 4) is 0 Å². The molecule has 1 saturated heterocycles. The first-order valence-electron chi connectivity index (χ1n) is 42.7. The van der Waals surface area contributed by atoms with Crippen LogP contribution in [0.2, 0.25) is 41.8 Å². The summed E-state index contributed by atoms with van der Waals surface area (Å²) < 4.78 is 14.1. The molecule has 113 heavy (non-hydrogen) atoms. The predicted octanol–water partition coefficient (Wildman–Crippen LogP) is 20.7. The van der Waals surface area contributed by atoms with E-state index in [1.807, 2.05) is 27.7 Å². The van der Waals surface area contributed by atoms with Crippen LogP contribution in [0.3, 0.4) is 0 Å². The third-order valence-electron chi connectivity index (χ3n) is 25.9. The van der Waals surface area contributed by atoms with Gasteiger partial charge >= 0.3 is 56.6 Å². The van der Waals surface area contributed by atoms with Crippen LogP contribution in [-0.4, -0.2) is 68.2 Å². The Balaban J connectivity index is 0.000000458. The minimum Gasteiger partial charge on any atom is -1.00 e. The van der Waals surface area contributed by atoms with Crippen molar-refractivity contribution < 1.29 is 73.6 Å². The van der Waals surface area contributed by atoms with Gasteiger partial charge in [0.2, 0.25) is 0 Å². The van der Waals surface area contributed by atoms with Crippen molar-refractivity contribution in [3.63, 3.8) is 0 Å². The fraction of sp³-hybridized carbons (Fsp3) is 0.480. The van der Waals surface area contributed by atoms with Crippen LogP contribution < -0.4 is 56.6 Å². The zero-order valence-corrected chi connectivity index (χ0v) is 77.2. The first kappa shape index (κ1) is 101. The fourth-order valence-corrected chi connectivity index (χ4v) is 33.9. The summed E-state index contributed by atoms with van der Waals surface area (Å²) in [5.74, 6) is 8.19. The van der Waals surface area contributed by atoms with Gasteiger partial charge in [-0.1, -0.05) is 302 Å². The Morgan fingerprint density at radius 3 is 1.01 bits per heavy atom. The standard InChI is InChI=1S/2C21H28Si.C21H20Si.C9H12.C9H8.C4H8O.2C4H10O.C4H9.C3H6Cl2.C2H4.3Li.2H/c3*1-3-22(2,20-14-12-16-8-4-6-10-18(16)20)21-15-13-17-9-5-7-11-19(17)21;2*1-2-5-9-7-3-6-8(9)4-1;1-2-4-5-3-1;2*1-3-5-4-2;1-3-4-2;1-3(2,4)5;1-2;;;;;/h2*3-11,16-21H,1,12-15H2,2H3;3-15,20-21H,1H2,2H3;1-2,4-5,8-9H,3,6-7H2;1-6H,7H2;1-4H2;2*3-4H2,1-2H3;1,3-4H2,2H3;1-2H3;1-2H2;;;;;/q;;;;;;;;-1;;;3*+1;2*-1. The molecule has 13 aliphatic carbocycles. The summed E-state index contributed by atoms with van der Waals surface area (Å²) in [6.07, 6.45) is 82.5. The van der Waals surface area contributed by atoms with Crippen LogP contribution in [0.1, 0.15) is 192 Å². The predicted molar refractivity (Wildman–Crippen MR) is 497 cm³/mol. The smallest absolute Gasteiger partial charge is 1.00 e. The summed E-state index contributed by atoms with van der Waals surface area (Å²) in [6, 6.07) is 26.1. The molecule has 0 aromatic heterocycles. The molecule has 17 rings (SSSR count). The minimum absolute atomic E-state index is 0. The van der Waals surface area contributed by atoms with Gasteiger partial charge in [-0.05, 0) is 214 Å². The first-order chi connectivity index (χ1) is 53.4.